The van der Waals surface area contributed by atoms with Crippen LogP contribution in [0, 0.1) is 11.7 Å². The smallest absolute Gasteiger partial charge is 0.350 e. The Bertz CT molecular complexity index is 1130. The second-order valence-corrected chi connectivity index (χ2v) is 7.66. The Morgan fingerprint density at radius 1 is 1.41 bits per heavy atom. The van der Waals surface area contributed by atoms with Crippen molar-refractivity contribution in [3.8, 4) is 0 Å². The number of benzene rings is 1. The van der Waals surface area contributed by atoms with Gasteiger partial charge in [-0.1, -0.05) is 18.5 Å². The van der Waals surface area contributed by atoms with E-state index in [-0.39, 0.29) is 11.6 Å². The third-order valence-corrected chi connectivity index (χ3v) is 5.23. The quantitative estimate of drug-likeness (QED) is 0.704. The van der Waals surface area contributed by atoms with Crippen molar-refractivity contribution in [3.05, 3.63) is 51.9 Å². The number of hydrogen-bond acceptors (Lipinski definition) is 5. The molecule has 152 valence electrons. The number of halogens is 2. The zero-order valence-corrected chi connectivity index (χ0v) is 16.6. The fraction of sp³-hybridized carbons (Fsp3) is 0.368. The molecule has 2 aromatic heterocycles. The van der Waals surface area contributed by atoms with E-state index in [9.17, 15) is 14.0 Å². The van der Waals surface area contributed by atoms with Gasteiger partial charge in [-0.05, 0) is 37.0 Å². The van der Waals surface area contributed by atoms with Crippen molar-refractivity contribution in [2.24, 2.45) is 5.92 Å². The van der Waals surface area contributed by atoms with Crippen LogP contribution >= 0.6 is 11.6 Å². The molecule has 0 radical (unpaired) electrons. The first kappa shape index (κ1) is 19.4. The molecule has 8 nitrogen and oxygen atoms in total. The normalized spacial score (nSPS) is 16.9. The summed E-state index contributed by atoms with van der Waals surface area (Å²) in [4.78, 5) is 31.6. The minimum absolute atomic E-state index is 0.0980. The molecule has 1 aromatic carbocycles. The molecule has 4 rings (SSSR count). The number of piperidine rings is 1. The van der Waals surface area contributed by atoms with Gasteiger partial charge in [-0.25, -0.2) is 23.3 Å². The van der Waals surface area contributed by atoms with E-state index >= 15 is 0 Å². The Morgan fingerprint density at radius 2 is 2.24 bits per heavy atom. The Kier molecular flexibility index (Phi) is 5.23. The van der Waals surface area contributed by atoms with Crippen molar-refractivity contribution in [1.82, 2.24) is 19.2 Å². The number of carbonyl (C=O) groups is 1. The first-order valence-electron chi connectivity index (χ1n) is 9.36. The van der Waals surface area contributed by atoms with Gasteiger partial charge in [-0.2, -0.15) is 0 Å². The van der Waals surface area contributed by atoms with E-state index in [2.05, 4.69) is 27.2 Å². The first-order valence-corrected chi connectivity index (χ1v) is 9.74. The molecule has 29 heavy (non-hydrogen) atoms. The summed E-state index contributed by atoms with van der Waals surface area (Å²) < 4.78 is 15.7. The van der Waals surface area contributed by atoms with Crippen LogP contribution in [-0.2, 0) is 11.3 Å². The van der Waals surface area contributed by atoms with Gasteiger partial charge >= 0.3 is 5.69 Å². The summed E-state index contributed by atoms with van der Waals surface area (Å²) in [5.41, 5.74) is 0.327. The van der Waals surface area contributed by atoms with Crippen molar-refractivity contribution in [3.63, 3.8) is 0 Å². The van der Waals surface area contributed by atoms with Crippen molar-refractivity contribution < 1.29 is 9.18 Å². The highest BCUT2D eigenvalue weighted by Gasteiger charge is 2.22. The molecular weight excluding hydrogens is 399 g/mol. The molecule has 1 N–H and O–H groups in total. The number of anilines is 2. The third-order valence-electron chi connectivity index (χ3n) is 4.94. The fourth-order valence-corrected chi connectivity index (χ4v) is 3.73. The number of nitrogens with zero attached hydrogens (tertiary/aromatic N) is 5. The number of hydrogen-bond donors (Lipinski definition) is 1. The van der Waals surface area contributed by atoms with Gasteiger partial charge in [-0.15, -0.1) is 5.10 Å². The van der Waals surface area contributed by atoms with E-state index in [1.54, 1.807) is 6.20 Å². The maximum absolute atomic E-state index is 13.3. The van der Waals surface area contributed by atoms with E-state index in [4.69, 9.17) is 11.6 Å². The Balaban J connectivity index is 1.58. The molecule has 0 aliphatic carbocycles. The molecular formula is C19H20ClFN6O2. The first-order chi connectivity index (χ1) is 13.9. The van der Waals surface area contributed by atoms with E-state index in [1.807, 2.05) is 0 Å². The summed E-state index contributed by atoms with van der Waals surface area (Å²) in [6.07, 6.45) is 5.32. The summed E-state index contributed by atoms with van der Waals surface area (Å²) in [5, 5.41) is 6.83. The summed E-state index contributed by atoms with van der Waals surface area (Å²) in [5.74, 6) is 0.126. The minimum Gasteiger partial charge on any atom is -0.353 e. The van der Waals surface area contributed by atoms with Crippen LogP contribution in [0.3, 0.4) is 0 Å². The lowest BCUT2D eigenvalue weighted by Crippen LogP contribution is -2.35. The molecule has 3 heterocycles. The average Bonchev–Trinajstić information content (AvgIpc) is 3.00. The van der Waals surface area contributed by atoms with Crippen LogP contribution < -0.4 is 15.9 Å². The molecule has 1 aliphatic heterocycles. The standard InChI is InChI=1S/C19H20ClFN6O2/c1-12-3-2-7-25(10-12)17-18-24-27(19(29)26(18)8-6-22-17)11-16(28)23-13-4-5-15(21)14(20)9-13/h4-6,8-9,12H,2-3,7,10-11H2,1H3,(H,23,28)/t12-/m0/s1. The van der Waals surface area contributed by atoms with Crippen LogP contribution in [0.2, 0.25) is 5.02 Å². The predicted octanol–water partition coefficient (Wildman–Crippen LogP) is 2.56. The molecule has 1 aliphatic rings. The molecule has 0 saturated carbocycles. The Labute approximate surface area is 170 Å². The van der Waals surface area contributed by atoms with E-state index in [0.717, 1.165) is 36.7 Å². The maximum atomic E-state index is 13.3. The van der Waals surface area contributed by atoms with Crippen molar-refractivity contribution in [1.29, 1.82) is 0 Å². The molecule has 0 bridgehead atoms. The summed E-state index contributed by atoms with van der Waals surface area (Å²) >= 11 is 5.73. The number of nitrogens with one attached hydrogen (secondary N) is 1. The van der Waals surface area contributed by atoms with Crippen LogP contribution in [0.4, 0.5) is 15.9 Å². The van der Waals surface area contributed by atoms with Crippen LogP contribution in [-0.4, -0.2) is 38.2 Å². The minimum atomic E-state index is -0.576. The number of fused-ring (bicyclic) bond motifs is 1. The Morgan fingerprint density at radius 3 is 3.00 bits per heavy atom. The fourth-order valence-electron chi connectivity index (χ4n) is 3.55. The number of rotatable bonds is 4. The molecule has 10 heteroatoms. The van der Waals surface area contributed by atoms with Gasteiger partial charge in [0.25, 0.3) is 0 Å². The SMILES string of the molecule is C[C@H]1CCCN(c2nccn3c(=O)n(CC(=O)Nc4ccc(F)c(Cl)c4)nc23)C1. The van der Waals surface area contributed by atoms with Crippen molar-refractivity contribution in [2.75, 3.05) is 23.3 Å². The number of aromatic nitrogens is 4. The molecule has 1 fully saturated rings. The van der Waals surface area contributed by atoms with Crippen molar-refractivity contribution in [2.45, 2.75) is 26.3 Å². The van der Waals surface area contributed by atoms with Gasteiger partial charge in [0, 0.05) is 31.2 Å². The van der Waals surface area contributed by atoms with Crippen LogP contribution in [0.1, 0.15) is 19.8 Å². The zero-order chi connectivity index (χ0) is 20.5. The lowest BCUT2D eigenvalue weighted by atomic mass is 10.0. The highest BCUT2D eigenvalue weighted by atomic mass is 35.5. The third kappa shape index (κ3) is 3.95. The lowest BCUT2D eigenvalue weighted by molar-refractivity contribution is -0.117. The topological polar surface area (TPSA) is 84.5 Å². The molecule has 0 spiro atoms. The van der Waals surface area contributed by atoms with Gasteiger partial charge < -0.3 is 10.2 Å². The summed E-state index contributed by atoms with van der Waals surface area (Å²) in [6, 6.07) is 3.86. The van der Waals surface area contributed by atoms with E-state index in [0.29, 0.717) is 23.1 Å². The summed E-state index contributed by atoms with van der Waals surface area (Å²) in [6.45, 7) is 3.60. The average molecular weight is 419 g/mol. The lowest BCUT2D eigenvalue weighted by Gasteiger charge is -2.31. The highest BCUT2D eigenvalue weighted by Crippen LogP contribution is 2.23. The second-order valence-electron chi connectivity index (χ2n) is 7.26. The van der Waals surface area contributed by atoms with Crippen molar-refractivity contribution >= 4 is 34.7 Å². The second kappa shape index (κ2) is 7.82. The zero-order valence-electron chi connectivity index (χ0n) is 15.8. The van der Waals surface area contributed by atoms with Gasteiger partial charge in [0.05, 0.1) is 5.02 Å². The number of carbonyl (C=O) groups excluding carboxylic acids is 1. The molecule has 1 saturated heterocycles. The van der Waals surface area contributed by atoms with Gasteiger partial charge in [0.15, 0.2) is 5.82 Å². The molecule has 0 unspecified atom stereocenters. The maximum Gasteiger partial charge on any atom is 0.350 e. The Hall–Kier alpha value is -2.94. The molecule has 3 aromatic rings. The van der Waals surface area contributed by atoms with Crippen LogP contribution in [0.25, 0.3) is 5.65 Å². The molecule has 1 amide bonds. The predicted molar refractivity (Wildman–Crippen MR) is 108 cm³/mol. The van der Waals surface area contributed by atoms with Crippen LogP contribution in [0.15, 0.2) is 35.4 Å². The van der Waals surface area contributed by atoms with E-state index in [1.165, 1.54) is 22.7 Å². The van der Waals surface area contributed by atoms with Crippen LogP contribution in [0.5, 0.6) is 0 Å². The summed E-state index contributed by atoms with van der Waals surface area (Å²) in [7, 11) is 0. The largest absolute Gasteiger partial charge is 0.353 e. The molecule has 1 atom stereocenters. The highest BCUT2D eigenvalue weighted by molar-refractivity contribution is 6.31. The van der Waals surface area contributed by atoms with Gasteiger partial charge in [0.2, 0.25) is 11.6 Å². The number of amides is 1. The van der Waals surface area contributed by atoms with Gasteiger partial charge in [-0.3, -0.25) is 4.79 Å². The monoisotopic (exact) mass is 418 g/mol. The van der Waals surface area contributed by atoms with Gasteiger partial charge in [0.1, 0.15) is 12.4 Å². The van der Waals surface area contributed by atoms with E-state index < -0.39 is 17.4 Å².